The van der Waals surface area contributed by atoms with Gasteiger partial charge in [-0.15, -0.1) is 11.8 Å². The van der Waals surface area contributed by atoms with Gasteiger partial charge in [-0.1, -0.05) is 85.8 Å². The molecule has 4 rings (SSSR count). The highest BCUT2D eigenvalue weighted by atomic mass is 32.2. The smallest absolute Gasteiger partial charge is 0.240 e. The van der Waals surface area contributed by atoms with Gasteiger partial charge in [-0.3, -0.25) is 9.69 Å². The van der Waals surface area contributed by atoms with Crippen LogP contribution < -0.4 is 4.90 Å². The lowest BCUT2D eigenvalue weighted by Crippen LogP contribution is -2.41. The summed E-state index contributed by atoms with van der Waals surface area (Å²) in [6.45, 7) is 7.64. The number of thioether (sulfide) groups is 1. The van der Waals surface area contributed by atoms with Crippen LogP contribution in [0.4, 0.5) is 5.13 Å². The summed E-state index contributed by atoms with van der Waals surface area (Å²) in [6, 6.07) is 26.5. The summed E-state index contributed by atoms with van der Waals surface area (Å²) in [5.41, 5.74) is 2.93. The van der Waals surface area contributed by atoms with Crippen LogP contribution in [0.1, 0.15) is 30.9 Å². The van der Waals surface area contributed by atoms with Crippen LogP contribution in [0.2, 0.25) is 0 Å². The number of thiazole rings is 1. The predicted octanol–water partition coefficient (Wildman–Crippen LogP) is 6.53. The van der Waals surface area contributed by atoms with Crippen molar-refractivity contribution in [3.8, 4) is 0 Å². The van der Waals surface area contributed by atoms with Gasteiger partial charge in [0.05, 0.1) is 16.1 Å². The van der Waals surface area contributed by atoms with Crippen molar-refractivity contribution in [2.24, 2.45) is 0 Å². The first-order chi connectivity index (χ1) is 16.6. The summed E-state index contributed by atoms with van der Waals surface area (Å²) in [4.78, 5) is 24.7. The molecule has 4 nitrogen and oxygen atoms in total. The number of nitrogens with zero attached hydrogens (tertiary/aromatic N) is 3. The Labute approximate surface area is 210 Å². The molecule has 0 aliphatic heterocycles. The maximum Gasteiger partial charge on any atom is 0.240 e. The van der Waals surface area contributed by atoms with E-state index in [0.29, 0.717) is 6.54 Å². The Morgan fingerprint density at radius 3 is 2.09 bits per heavy atom. The average Bonchev–Trinajstić information content (AvgIpc) is 3.31. The molecule has 0 radical (unpaired) electrons. The van der Waals surface area contributed by atoms with Gasteiger partial charge in [0.25, 0.3) is 0 Å². The Kier molecular flexibility index (Phi) is 8.38. The highest BCUT2D eigenvalue weighted by molar-refractivity contribution is 7.98. The van der Waals surface area contributed by atoms with Crippen LogP contribution >= 0.6 is 23.1 Å². The van der Waals surface area contributed by atoms with E-state index in [9.17, 15) is 4.79 Å². The number of aromatic nitrogens is 1. The molecule has 176 valence electrons. The van der Waals surface area contributed by atoms with E-state index in [2.05, 4.69) is 43.2 Å². The highest BCUT2D eigenvalue weighted by Gasteiger charge is 2.30. The van der Waals surface area contributed by atoms with E-state index < -0.39 is 0 Å². The molecule has 0 N–H and O–H groups in total. The van der Waals surface area contributed by atoms with Crippen molar-refractivity contribution in [2.45, 2.75) is 24.7 Å². The fourth-order valence-corrected chi connectivity index (χ4v) is 5.69. The van der Waals surface area contributed by atoms with Crippen LogP contribution in [0, 0.1) is 0 Å². The van der Waals surface area contributed by atoms with Gasteiger partial charge in [-0.05, 0) is 48.7 Å². The van der Waals surface area contributed by atoms with Gasteiger partial charge >= 0.3 is 0 Å². The Morgan fingerprint density at radius 2 is 1.53 bits per heavy atom. The summed E-state index contributed by atoms with van der Waals surface area (Å²) in [7, 11) is 0. The largest absolute Gasteiger partial charge is 0.302 e. The zero-order chi connectivity index (χ0) is 23.9. The van der Waals surface area contributed by atoms with Crippen LogP contribution in [-0.4, -0.2) is 48.2 Å². The van der Waals surface area contributed by atoms with Crippen molar-refractivity contribution in [2.75, 3.05) is 37.3 Å². The number of fused-ring (bicyclic) bond motifs is 1. The zero-order valence-corrected chi connectivity index (χ0v) is 21.6. The summed E-state index contributed by atoms with van der Waals surface area (Å²) in [6.07, 6.45) is 2.08. The summed E-state index contributed by atoms with van der Waals surface area (Å²) in [5, 5.41) is 0.766. The minimum Gasteiger partial charge on any atom is -0.302 e. The maximum absolute atomic E-state index is 14.3. The average molecular weight is 490 g/mol. The molecule has 0 fully saturated rings. The van der Waals surface area contributed by atoms with Crippen molar-refractivity contribution in [1.82, 2.24) is 9.88 Å². The normalized spacial score (nSPS) is 11.4. The van der Waals surface area contributed by atoms with Gasteiger partial charge < -0.3 is 4.90 Å². The van der Waals surface area contributed by atoms with E-state index in [1.54, 1.807) is 23.1 Å². The third-order valence-electron chi connectivity index (χ3n) is 6.13. The standard InChI is InChI=1S/C28H31N3OS2/c1-4-30(5-2)18-19-31(28-29-24-17-16-23(33-3)20-25(24)34-28)27(32)26(21-12-8-6-9-13-21)22-14-10-7-11-15-22/h6-17,20,26H,4-5,18-19H2,1-3H3. The van der Waals surface area contributed by atoms with Crippen LogP contribution in [0.3, 0.4) is 0 Å². The number of carbonyl (C=O) groups is 1. The third kappa shape index (κ3) is 5.52. The molecule has 0 unspecified atom stereocenters. The number of amides is 1. The first-order valence-electron chi connectivity index (χ1n) is 11.7. The Hall–Kier alpha value is -2.67. The SMILES string of the molecule is CCN(CC)CCN(C(=O)C(c1ccccc1)c1ccccc1)c1nc2ccc(SC)cc2s1. The first-order valence-corrected chi connectivity index (χ1v) is 13.8. The van der Waals surface area contributed by atoms with E-state index in [1.165, 1.54) is 4.90 Å². The summed E-state index contributed by atoms with van der Waals surface area (Å²) >= 11 is 3.32. The number of benzene rings is 3. The minimum absolute atomic E-state index is 0.0636. The van der Waals surface area contributed by atoms with Gasteiger partial charge in [0.15, 0.2) is 5.13 Å². The van der Waals surface area contributed by atoms with E-state index in [4.69, 9.17) is 4.98 Å². The second kappa shape index (κ2) is 11.6. The van der Waals surface area contributed by atoms with E-state index in [-0.39, 0.29) is 11.8 Å². The van der Waals surface area contributed by atoms with Crippen LogP contribution in [-0.2, 0) is 4.79 Å². The highest BCUT2D eigenvalue weighted by Crippen LogP contribution is 2.35. The number of likely N-dealkylation sites (N-methyl/N-ethyl adjacent to an activating group) is 1. The molecule has 6 heteroatoms. The molecule has 0 saturated heterocycles. The lowest BCUT2D eigenvalue weighted by Gasteiger charge is -2.28. The molecule has 0 aliphatic rings. The van der Waals surface area contributed by atoms with Crippen LogP contribution in [0.25, 0.3) is 10.2 Å². The summed E-state index contributed by atoms with van der Waals surface area (Å²) in [5.74, 6) is -0.318. The van der Waals surface area contributed by atoms with Gasteiger partial charge in [0.1, 0.15) is 0 Å². The molecule has 0 spiro atoms. The van der Waals surface area contributed by atoms with Gasteiger partial charge in [-0.25, -0.2) is 4.98 Å². The quantitative estimate of drug-likeness (QED) is 0.238. The fourth-order valence-electron chi connectivity index (χ4n) is 4.14. The van der Waals surface area contributed by atoms with Crippen molar-refractivity contribution in [3.63, 3.8) is 0 Å². The molecular weight excluding hydrogens is 458 g/mol. The third-order valence-corrected chi connectivity index (χ3v) is 7.89. The van der Waals surface area contributed by atoms with E-state index >= 15 is 0 Å². The zero-order valence-electron chi connectivity index (χ0n) is 20.0. The first kappa shape index (κ1) is 24.5. The molecule has 0 saturated carbocycles. The molecule has 0 bridgehead atoms. The molecule has 4 aromatic rings. The number of hydrogen-bond acceptors (Lipinski definition) is 5. The lowest BCUT2D eigenvalue weighted by molar-refractivity contribution is -0.119. The van der Waals surface area contributed by atoms with Crippen molar-refractivity contribution in [1.29, 1.82) is 0 Å². The maximum atomic E-state index is 14.3. The molecule has 34 heavy (non-hydrogen) atoms. The second-order valence-electron chi connectivity index (χ2n) is 8.10. The monoisotopic (exact) mass is 489 g/mol. The number of hydrogen-bond donors (Lipinski definition) is 0. The van der Waals surface area contributed by atoms with E-state index in [1.807, 2.05) is 65.6 Å². The van der Waals surface area contributed by atoms with Gasteiger partial charge in [0, 0.05) is 18.0 Å². The topological polar surface area (TPSA) is 36.4 Å². The van der Waals surface area contributed by atoms with Crippen molar-refractivity contribution >= 4 is 44.4 Å². The molecule has 3 aromatic carbocycles. The second-order valence-corrected chi connectivity index (χ2v) is 9.99. The molecular formula is C28H31N3OS2. The Morgan fingerprint density at radius 1 is 0.912 bits per heavy atom. The predicted molar refractivity (Wildman–Crippen MR) is 146 cm³/mol. The number of anilines is 1. The van der Waals surface area contributed by atoms with Gasteiger partial charge in [0.2, 0.25) is 5.91 Å². The number of rotatable bonds is 10. The van der Waals surface area contributed by atoms with Crippen molar-refractivity contribution < 1.29 is 4.79 Å². The molecule has 0 atom stereocenters. The Bertz CT molecular complexity index is 1170. The van der Waals surface area contributed by atoms with Crippen LogP contribution in [0.15, 0.2) is 83.8 Å². The Balaban J connectivity index is 1.77. The minimum atomic E-state index is -0.382. The molecule has 1 amide bonds. The molecule has 1 heterocycles. The molecule has 1 aromatic heterocycles. The summed E-state index contributed by atoms with van der Waals surface area (Å²) < 4.78 is 1.11. The van der Waals surface area contributed by atoms with Crippen LogP contribution in [0.5, 0.6) is 0 Å². The lowest BCUT2D eigenvalue weighted by atomic mass is 9.90. The fraction of sp³-hybridized carbons (Fsp3) is 0.286. The van der Waals surface area contributed by atoms with Crippen molar-refractivity contribution in [3.05, 3.63) is 90.0 Å². The number of carbonyl (C=O) groups excluding carboxylic acids is 1. The van der Waals surface area contributed by atoms with Gasteiger partial charge in [-0.2, -0.15) is 0 Å². The molecule has 0 aliphatic carbocycles. The van der Waals surface area contributed by atoms with E-state index in [0.717, 1.165) is 46.1 Å².